The minimum Gasteiger partial charge on any atom is -0.340 e. The van der Waals surface area contributed by atoms with E-state index in [9.17, 15) is 9.59 Å². The van der Waals surface area contributed by atoms with E-state index in [0.29, 0.717) is 10.0 Å². The number of carbonyl (C=O) groups excluding carboxylic acids is 2. The van der Waals surface area contributed by atoms with Gasteiger partial charge in [-0.1, -0.05) is 19.9 Å². The maximum atomic E-state index is 12.2. The Morgan fingerprint density at radius 1 is 1.29 bits per heavy atom. The van der Waals surface area contributed by atoms with Crippen LogP contribution in [0.3, 0.4) is 0 Å². The van der Waals surface area contributed by atoms with Crippen molar-refractivity contribution in [2.24, 2.45) is 0 Å². The Labute approximate surface area is 149 Å². The van der Waals surface area contributed by atoms with Crippen LogP contribution < -0.4 is 10.6 Å². The van der Waals surface area contributed by atoms with Gasteiger partial charge >= 0.3 is 0 Å². The molecule has 8 heteroatoms. The van der Waals surface area contributed by atoms with Crippen molar-refractivity contribution >= 4 is 39.6 Å². The van der Waals surface area contributed by atoms with Gasteiger partial charge in [0, 0.05) is 11.9 Å². The summed E-state index contributed by atoms with van der Waals surface area (Å²) in [6, 6.07) is 2.90. The number of rotatable bonds is 8. The van der Waals surface area contributed by atoms with Crippen molar-refractivity contribution in [1.82, 2.24) is 15.2 Å². The predicted molar refractivity (Wildman–Crippen MR) is 98.6 cm³/mol. The largest absolute Gasteiger partial charge is 0.340 e. The number of thiophene rings is 1. The Morgan fingerprint density at radius 2 is 2.04 bits per heavy atom. The van der Waals surface area contributed by atoms with Gasteiger partial charge in [-0.2, -0.15) is 0 Å². The van der Waals surface area contributed by atoms with Gasteiger partial charge in [0.25, 0.3) is 5.91 Å². The second-order valence-corrected chi connectivity index (χ2v) is 7.07. The lowest BCUT2D eigenvalue weighted by Crippen LogP contribution is -2.41. The fraction of sp³-hybridized carbons (Fsp3) is 0.438. The molecule has 2 aromatic rings. The molecule has 0 radical (unpaired) electrons. The maximum absolute atomic E-state index is 12.2. The molecule has 130 valence electrons. The molecule has 0 bridgehead atoms. The molecule has 6 nitrogen and oxygen atoms in total. The van der Waals surface area contributed by atoms with Gasteiger partial charge in [0.1, 0.15) is 6.04 Å². The van der Waals surface area contributed by atoms with E-state index in [4.69, 9.17) is 0 Å². The smallest absolute Gasteiger partial charge is 0.261 e. The lowest BCUT2D eigenvalue weighted by Gasteiger charge is -2.16. The number of amides is 2. The summed E-state index contributed by atoms with van der Waals surface area (Å²) in [5.41, 5.74) is 0.939. The highest BCUT2D eigenvalue weighted by Gasteiger charge is 2.18. The Kier molecular flexibility index (Phi) is 6.89. The minimum atomic E-state index is -0.630. The quantitative estimate of drug-likeness (QED) is 0.753. The molecule has 0 aliphatic carbocycles. The van der Waals surface area contributed by atoms with Gasteiger partial charge in [-0.15, -0.1) is 22.7 Å². The van der Waals surface area contributed by atoms with Gasteiger partial charge in [-0.25, -0.2) is 4.98 Å². The van der Waals surface area contributed by atoms with E-state index in [1.165, 1.54) is 22.7 Å². The van der Waals surface area contributed by atoms with E-state index in [0.717, 1.165) is 25.3 Å². The molecule has 0 aromatic carbocycles. The summed E-state index contributed by atoms with van der Waals surface area (Å²) in [6.07, 6.45) is 0. The van der Waals surface area contributed by atoms with Crippen LogP contribution >= 0.6 is 22.7 Å². The Balaban J connectivity index is 1.87. The third-order valence-corrected chi connectivity index (χ3v) is 5.22. The zero-order chi connectivity index (χ0) is 17.5. The normalized spacial score (nSPS) is 12.2. The lowest BCUT2D eigenvalue weighted by atomic mass is 10.3. The molecule has 0 fully saturated rings. The van der Waals surface area contributed by atoms with Gasteiger partial charge < -0.3 is 10.6 Å². The topological polar surface area (TPSA) is 74.3 Å². The molecule has 0 aliphatic heterocycles. The lowest BCUT2D eigenvalue weighted by molar-refractivity contribution is -0.117. The summed E-state index contributed by atoms with van der Waals surface area (Å²) in [4.78, 5) is 31.4. The summed E-state index contributed by atoms with van der Waals surface area (Å²) < 4.78 is 0. The molecule has 2 heterocycles. The number of nitrogens with one attached hydrogen (secondary N) is 2. The van der Waals surface area contributed by atoms with Crippen molar-refractivity contribution in [3.63, 3.8) is 0 Å². The number of hydrogen-bond acceptors (Lipinski definition) is 6. The fourth-order valence-corrected chi connectivity index (χ4v) is 3.40. The third kappa shape index (κ3) is 5.12. The third-order valence-electron chi connectivity index (χ3n) is 3.55. The van der Waals surface area contributed by atoms with Crippen LogP contribution in [0, 0.1) is 0 Å². The highest BCUT2D eigenvalue weighted by atomic mass is 32.1. The van der Waals surface area contributed by atoms with Crippen LogP contribution in [0.25, 0.3) is 0 Å². The number of anilines is 1. The monoisotopic (exact) mass is 366 g/mol. The van der Waals surface area contributed by atoms with Crippen LogP contribution in [0.1, 0.15) is 36.1 Å². The van der Waals surface area contributed by atoms with Crippen LogP contribution in [0.4, 0.5) is 5.13 Å². The maximum Gasteiger partial charge on any atom is 0.261 e. The molecule has 0 saturated carbocycles. The summed E-state index contributed by atoms with van der Waals surface area (Å²) in [6.45, 7) is 8.56. The van der Waals surface area contributed by atoms with Gasteiger partial charge in [-0.05, 0) is 31.5 Å². The zero-order valence-electron chi connectivity index (χ0n) is 14.0. The van der Waals surface area contributed by atoms with Crippen LogP contribution in [0.15, 0.2) is 22.9 Å². The molecule has 0 spiro atoms. The van der Waals surface area contributed by atoms with Crippen molar-refractivity contribution < 1.29 is 9.59 Å². The first-order chi connectivity index (χ1) is 11.5. The van der Waals surface area contributed by atoms with E-state index >= 15 is 0 Å². The summed E-state index contributed by atoms with van der Waals surface area (Å²) >= 11 is 2.74. The van der Waals surface area contributed by atoms with E-state index in [2.05, 4.69) is 34.4 Å². The van der Waals surface area contributed by atoms with Gasteiger partial charge in [0.15, 0.2) is 5.13 Å². The molecule has 1 atom stereocenters. The molecule has 2 rings (SSSR count). The van der Waals surface area contributed by atoms with E-state index in [-0.39, 0.29) is 11.8 Å². The SMILES string of the molecule is CCN(CC)Cc1csc(NC(=O)C(C)NC(=O)c2cccs2)n1. The average molecular weight is 367 g/mol. The number of carbonyl (C=O) groups is 2. The zero-order valence-corrected chi connectivity index (χ0v) is 15.7. The number of aromatic nitrogens is 1. The van der Waals surface area contributed by atoms with Crippen molar-refractivity contribution in [3.05, 3.63) is 33.5 Å². The number of thiazole rings is 1. The minimum absolute atomic E-state index is 0.242. The molecule has 0 aliphatic rings. The second-order valence-electron chi connectivity index (χ2n) is 5.27. The number of hydrogen-bond donors (Lipinski definition) is 2. The molecule has 24 heavy (non-hydrogen) atoms. The molecule has 1 unspecified atom stereocenters. The van der Waals surface area contributed by atoms with E-state index < -0.39 is 6.04 Å². The van der Waals surface area contributed by atoms with Gasteiger partial charge in [0.05, 0.1) is 10.6 Å². The first-order valence-electron chi connectivity index (χ1n) is 7.85. The molecule has 2 aromatic heterocycles. The molecular formula is C16H22N4O2S2. The van der Waals surface area contributed by atoms with E-state index in [1.54, 1.807) is 19.1 Å². The summed E-state index contributed by atoms with van der Waals surface area (Å²) in [7, 11) is 0. The van der Waals surface area contributed by atoms with Crippen LogP contribution in [-0.4, -0.2) is 40.8 Å². The standard InChI is InChI=1S/C16H22N4O2S2/c1-4-20(5-2)9-12-10-24-16(18-12)19-14(21)11(3)17-15(22)13-7-6-8-23-13/h6-8,10-11H,4-5,9H2,1-3H3,(H,17,22)(H,18,19,21). The molecular weight excluding hydrogens is 344 g/mol. The first kappa shape index (κ1) is 18.6. The van der Waals surface area contributed by atoms with Crippen LogP contribution in [0.5, 0.6) is 0 Å². The van der Waals surface area contributed by atoms with E-state index in [1.807, 2.05) is 10.8 Å². The number of nitrogens with zero attached hydrogens (tertiary/aromatic N) is 2. The average Bonchev–Trinajstić information content (AvgIpc) is 3.24. The molecule has 2 N–H and O–H groups in total. The summed E-state index contributed by atoms with van der Waals surface area (Å²) in [5, 5.41) is 9.78. The van der Waals surface area contributed by atoms with Crippen LogP contribution in [-0.2, 0) is 11.3 Å². The Hall–Kier alpha value is -1.77. The van der Waals surface area contributed by atoms with Crippen LogP contribution in [0.2, 0.25) is 0 Å². The van der Waals surface area contributed by atoms with Gasteiger partial charge in [-0.3, -0.25) is 14.5 Å². The predicted octanol–water partition coefficient (Wildman–Crippen LogP) is 2.80. The molecule has 0 saturated heterocycles. The Bertz CT molecular complexity index is 665. The van der Waals surface area contributed by atoms with Crippen molar-refractivity contribution in [3.8, 4) is 0 Å². The van der Waals surface area contributed by atoms with Gasteiger partial charge in [0.2, 0.25) is 5.91 Å². The summed E-state index contributed by atoms with van der Waals surface area (Å²) in [5.74, 6) is -0.516. The highest BCUT2D eigenvalue weighted by molar-refractivity contribution is 7.14. The Morgan fingerprint density at radius 3 is 2.67 bits per heavy atom. The fourth-order valence-electron chi connectivity index (χ4n) is 2.07. The highest BCUT2D eigenvalue weighted by Crippen LogP contribution is 2.17. The van der Waals surface area contributed by atoms with Crippen molar-refractivity contribution in [1.29, 1.82) is 0 Å². The first-order valence-corrected chi connectivity index (χ1v) is 9.61. The van der Waals surface area contributed by atoms with Crippen molar-refractivity contribution in [2.45, 2.75) is 33.4 Å². The molecule has 2 amide bonds. The van der Waals surface area contributed by atoms with Crippen molar-refractivity contribution in [2.75, 3.05) is 18.4 Å². The second kappa shape index (κ2) is 8.91.